The van der Waals surface area contributed by atoms with Crippen LogP contribution in [0.5, 0.6) is 0 Å². The molecule has 2 rings (SSSR count). The third-order valence-electron chi connectivity index (χ3n) is 3.90. The zero-order chi connectivity index (χ0) is 17.5. The number of nitrogens with zero attached hydrogens (tertiary/aromatic N) is 1. The van der Waals surface area contributed by atoms with E-state index in [-0.39, 0.29) is 0 Å². The van der Waals surface area contributed by atoms with E-state index in [1.807, 2.05) is 30.3 Å². The molecule has 0 radical (unpaired) electrons. The Morgan fingerprint density at radius 3 is 2.04 bits per heavy atom. The largest absolute Gasteiger partial charge is 0.399 e. The van der Waals surface area contributed by atoms with Gasteiger partial charge in [0.2, 0.25) is 0 Å². The second-order valence-electron chi connectivity index (χ2n) is 5.59. The molecular weight excluding hydrogens is 304 g/mol. The van der Waals surface area contributed by atoms with Crippen LogP contribution in [-0.4, -0.2) is 40.5 Å². The summed E-state index contributed by atoms with van der Waals surface area (Å²) in [6.07, 6.45) is 0. The van der Waals surface area contributed by atoms with Gasteiger partial charge >= 0.3 is 0 Å². The maximum Gasteiger partial charge on any atom is 0.0637 e. The van der Waals surface area contributed by atoms with Crippen LogP contribution in [0.3, 0.4) is 0 Å². The van der Waals surface area contributed by atoms with Crippen molar-refractivity contribution in [2.24, 2.45) is 0 Å². The van der Waals surface area contributed by atoms with Crippen LogP contribution < -0.4 is 22.1 Å². The van der Waals surface area contributed by atoms with Crippen molar-refractivity contribution < 1.29 is 9.47 Å². The van der Waals surface area contributed by atoms with Crippen molar-refractivity contribution >= 4 is 22.7 Å². The van der Waals surface area contributed by atoms with Crippen molar-refractivity contribution in [1.29, 1.82) is 0 Å². The van der Waals surface area contributed by atoms with E-state index in [0.29, 0.717) is 30.3 Å². The standard InChI is InChI=1S/C18H26N4O2/c1-23-9-7-22(8-10-24-2)14-4-6-17(20)16(12-14)15-5-3-13(19)11-18(15)21/h3-6,11-12H,7-10,19-21H2,1-2H3. The Bertz CT molecular complexity index is 668. The SMILES string of the molecule is COCCN(CCOC)c1ccc(N)c(-c2ccc(N)cc2N)c1. The maximum atomic E-state index is 6.17. The highest BCUT2D eigenvalue weighted by Crippen LogP contribution is 2.34. The first-order valence-electron chi connectivity index (χ1n) is 7.84. The van der Waals surface area contributed by atoms with E-state index < -0.39 is 0 Å². The molecule has 0 bridgehead atoms. The van der Waals surface area contributed by atoms with Gasteiger partial charge in [-0.25, -0.2) is 0 Å². The summed E-state index contributed by atoms with van der Waals surface area (Å²) in [5, 5.41) is 0. The lowest BCUT2D eigenvalue weighted by atomic mass is 10.0. The van der Waals surface area contributed by atoms with Crippen LogP contribution in [0.1, 0.15) is 0 Å². The van der Waals surface area contributed by atoms with Crippen LogP contribution in [-0.2, 0) is 9.47 Å². The van der Waals surface area contributed by atoms with Crippen LogP contribution in [0.15, 0.2) is 36.4 Å². The van der Waals surface area contributed by atoms with Gasteiger partial charge in [-0.3, -0.25) is 0 Å². The molecular formula is C18H26N4O2. The predicted molar refractivity (Wildman–Crippen MR) is 101 cm³/mol. The number of rotatable bonds is 8. The molecule has 0 heterocycles. The summed E-state index contributed by atoms with van der Waals surface area (Å²) in [4.78, 5) is 2.20. The third kappa shape index (κ3) is 4.31. The summed E-state index contributed by atoms with van der Waals surface area (Å²) in [6, 6.07) is 11.4. The van der Waals surface area contributed by atoms with Crippen LogP contribution in [0.4, 0.5) is 22.7 Å². The minimum absolute atomic E-state index is 0.610. The maximum absolute atomic E-state index is 6.17. The van der Waals surface area contributed by atoms with Crippen molar-refractivity contribution in [3.8, 4) is 11.1 Å². The molecule has 0 atom stereocenters. The molecule has 0 saturated heterocycles. The van der Waals surface area contributed by atoms with Gasteiger partial charge in [-0.2, -0.15) is 0 Å². The second kappa shape index (κ2) is 8.42. The van der Waals surface area contributed by atoms with E-state index in [1.54, 1.807) is 20.3 Å². The fraction of sp³-hybridized carbons (Fsp3) is 0.333. The number of hydrogen-bond acceptors (Lipinski definition) is 6. The van der Waals surface area contributed by atoms with Gasteiger partial charge in [0.15, 0.2) is 0 Å². The molecule has 0 aliphatic rings. The van der Waals surface area contributed by atoms with Gasteiger partial charge in [0.25, 0.3) is 0 Å². The number of ether oxygens (including phenoxy) is 2. The number of nitrogens with two attached hydrogens (primary N) is 3. The molecule has 130 valence electrons. The third-order valence-corrected chi connectivity index (χ3v) is 3.90. The molecule has 0 aliphatic carbocycles. The summed E-state index contributed by atoms with van der Waals surface area (Å²) < 4.78 is 10.4. The molecule has 2 aromatic rings. The molecule has 2 aromatic carbocycles. The molecule has 0 aliphatic heterocycles. The van der Waals surface area contributed by atoms with Crippen LogP contribution in [0, 0.1) is 0 Å². The number of anilines is 4. The van der Waals surface area contributed by atoms with Crippen molar-refractivity contribution in [1.82, 2.24) is 0 Å². The van der Waals surface area contributed by atoms with Gasteiger partial charge in [-0.1, -0.05) is 6.07 Å². The lowest BCUT2D eigenvalue weighted by Crippen LogP contribution is -2.30. The Kier molecular flexibility index (Phi) is 6.28. The van der Waals surface area contributed by atoms with E-state index >= 15 is 0 Å². The normalized spacial score (nSPS) is 10.8. The highest BCUT2D eigenvalue weighted by molar-refractivity contribution is 5.87. The summed E-state index contributed by atoms with van der Waals surface area (Å²) in [5.41, 5.74) is 22.8. The van der Waals surface area contributed by atoms with Gasteiger partial charge < -0.3 is 31.6 Å². The predicted octanol–water partition coefficient (Wildman–Crippen LogP) is 2.20. The van der Waals surface area contributed by atoms with E-state index in [4.69, 9.17) is 26.7 Å². The van der Waals surface area contributed by atoms with Crippen molar-refractivity contribution in [3.63, 3.8) is 0 Å². The van der Waals surface area contributed by atoms with E-state index in [2.05, 4.69) is 4.90 Å². The molecule has 24 heavy (non-hydrogen) atoms. The Morgan fingerprint density at radius 2 is 1.46 bits per heavy atom. The number of methoxy groups -OCH3 is 2. The first-order valence-corrected chi connectivity index (χ1v) is 7.84. The average molecular weight is 330 g/mol. The first kappa shape index (κ1) is 17.9. The van der Waals surface area contributed by atoms with Gasteiger partial charge in [0, 0.05) is 61.2 Å². The minimum Gasteiger partial charge on any atom is -0.399 e. The molecule has 0 fully saturated rings. The van der Waals surface area contributed by atoms with Gasteiger partial charge in [0.1, 0.15) is 0 Å². The molecule has 0 unspecified atom stereocenters. The first-order chi connectivity index (χ1) is 11.6. The van der Waals surface area contributed by atoms with Crippen molar-refractivity contribution in [3.05, 3.63) is 36.4 Å². The van der Waals surface area contributed by atoms with Crippen molar-refractivity contribution in [2.75, 3.05) is 62.6 Å². The van der Waals surface area contributed by atoms with Crippen LogP contribution in [0.25, 0.3) is 11.1 Å². The molecule has 6 N–H and O–H groups in total. The molecule has 0 saturated carbocycles. The average Bonchev–Trinajstić information content (AvgIpc) is 2.56. The fourth-order valence-corrected chi connectivity index (χ4v) is 2.57. The highest BCUT2D eigenvalue weighted by Gasteiger charge is 2.12. The Morgan fingerprint density at radius 1 is 0.792 bits per heavy atom. The van der Waals surface area contributed by atoms with E-state index in [9.17, 15) is 0 Å². The van der Waals surface area contributed by atoms with Gasteiger partial charge in [-0.15, -0.1) is 0 Å². The Balaban J connectivity index is 2.38. The number of hydrogen-bond donors (Lipinski definition) is 3. The van der Waals surface area contributed by atoms with E-state index in [0.717, 1.165) is 29.9 Å². The van der Waals surface area contributed by atoms with Crippen LogP contribution >= 0.6 is 0 Å². The van der Waals surface area contributed by atoms with Gasteiger partial charge in [0.05, 0.1) is 13.2 Å². The van der Waals surface area contributed by atoms with Gasteiger partial charge in [-0.05, 0) is 30.3 Å². The molecule has 0 aromatic heterocycles. The topological polar surface area (TPSA) is 99.8 Å². The smallest absolute Gasteiger partial charge is 0.0637 e. The van der Waals surface area contributed by atoms with Crippen molar-refractivity contribution in [2.45, 2.75) is 0 Å². The summed E-state index contributed by atoms with van der Waals surface area (Å²) >= 11 is 0. The summed E-state index contributed by atoms with van der Waals surface area (Å²) in [7, 11) is 3.38. The molecule has 0 amide bonds. The number of nitrogen functional groups attached to an aromatic ring is 3. The zero-order valence-electron chi connectivity index (χ0n) is 14.3. The summed E-state index contributed by atoms with van der Waals surface area (Å²) in [5.74, 6) is 0. The lowest BCUT2D eigenvalue weighted by molar-refractivity contribution is 0.190. The molecule has 6 heteroatoms. The second-order valence-corrected chi connectivity index (χ2v) is 5.59. The monoisotopic (exact) mass is 330 g/mol. The van der Waals surface area contributed by atoms with E-state index in [1.165, 1.54) is 0 Å². The fourth-order valence-electron chi connectivity index (χ4n) is 2.57. The number of benzene rings is 2. The Labute approximate surface area is 143 Å². The molecule has 6 nitrogen and oxygen atoms in total. The highest BCUT2D eigenvalue weighted by atomic mass is 16.5. The lowest BCUT2D eigenvalue weighted by Gasteiger charge is -2.25. The quantitative estimate of drug-likeness (QED) is 0.642. The summed E-state index contributed by atoms with van der Waals surface area (Å²) in [6.45, 7) is 2.79. The van der Waals surface area contributed by atoms with Crippen LogP contribution in [0.2, 0.25) is 0 Å². The minimum atomic E-state index is 0.610. The Hall–Kier alpha value is -2.44. The zero-order valence-corrected chi connectivity index (χ0v) is 14.3. The molecule has 0 spiro atoms.